The number of benzene rings is 1. The van der Waals surface area contributed by atoms with Gasteiger partial charge in [-0.25, -0.2) is 4.68 Å². The van der Waals surface area contributed by atoms with Crippen molar-refractivity contribution in [2.75, 3.05) is 37.6 Å². The summed E-state index contributed by atoms with van der Waals surface area (Å²) < 4.78 is 23.9. The lowest BCUT2D eigenvalue weighted by Crippen LogP contribution is -2.58. The minimum absolute atomic E-state index is 0.0431. The normalized spacial score (nSPS) is 28.4. The molecule has 3 aliphatic rings. The fourth-order valence-electron chi connectivity index (χ4n) is 5.65. The predicted octanol–water partition coefficient (Wildman–Crippen LogP) is 1.68. The molecule has 0 amide bonds. The lowest BCUT2D eigenvalue weighted by molar-refractivity contribution is -0.0653. The van der Waals surface area contributed by atoms with Gasteiger partial charge in [0.1, 0.15) is 30.5 Å². The van der Waals surface area contributed by atoms with Gasteiger partial charge >= 0.3 is 0 Å². The van der Waals surface area contributed by atoms with Crippen molar-refractivity contribution in [2.45, 2.75) is 42.8 Å². The van der Waals surface area contributed by atoms with Crippen LogP contribution in [0.3, 0.4) is 0 Å². The fraction of sp³-hybridized carbons (Fsp3) is 0.522. The Morgan fingerprint density at radius 3 is 2.81 bits per heavy atom. The van der Waals surface area contributed by atoms with Gasteiger partial charge in [0.25, 0.3) is 0 Å². The van der Waals surface area contributed by atoms with Crippen molar-refractivity contribution < 1.29 is 29.1 Å². The number of ether oxygens (including phenoxy) is 2. The van der Waals surface area contributed by atoms with E-state index in [2.05, 4.69) is 44.2 Å². The van der Waals surface area contributed by atoms with E-state index in [1.807, 2.05) is 0 Å². The molecule has 1 aromatic carbocycles. The SMILES string of the molecule is CP(=O)(O)COC[C@H]1O[C@@H](n2ncc3c(N4CC5(CCc6ccccc65)C4)nc(Cl)nc32)[C@H](O)[C@@H]1O. The van der Waals surface area contributed by atoms with Crippen molar-refractivity contribution in [1.82, 2.24) is 19.7 Å². The van der Waals surface area contributed by atoms with E-state index in [4.69, 9.17) is 21.1 Å². The highest BCUT2D eigenvalue weighted by Crippen LogP contribution is 2.47. The molecule has 2 aliphatic heterocycles. The Kier molecular flexibility index (Phi) is 5.88. The van der Waals surface area contributed by atoms with Crippen LogP contribution in [-0.2, 0) is 25.9 Å². The minimum atomic E-state index is -3.38. The molecular weight excluding hydrogens is 509 g/mol. The van der Waals surface area contributed by atoms with E-state index >= 15 is 0 Å². The van der Waals surface area contributed by atoms with Gasteiger partial charge in [0.15, 0.2) is 11.9 Å². The summed E-state index contributed by atoms with van der Waals surface area (Å²) in [6.45, 7) is 2.64. The maximum Gasteiger partial charge on any atom is 0.226 e. The van der Waals surface area contributed by atoms with E-state index < -0.39 is 31.9 Å². The van der Waals surface area contributed by atoms with Crippen molar-refractivity contribution in [3.8, 4) is 0 Å². The van der Waals surface area contributed by atoms with Gasteiger partial charge in [-0.2, -0.15) is 15.1 Å². The average Bonchev–Trinajstić information content (AvgIpc) is 3.47. The maximum absolute atomic E-state index is 11.5. The molecule has 192 valence electrons. The van der Waals surface area contributed by atoms with Crippen LogP contribution in [-0.4, -0.2) is 85.9 Å². The number of halogens is 1. The van der Waals surface area contributed by atoms with Gasteiger partial charge in [0.05, 0.1) is 18.2 Å². The number of aromatic nitrogens is 4. The molecule has 1 aliphatic carbocycles. The number of anilines is 1. The van der Waals surface area contributed by atoms with E-state index in [1.54, 1.807) is 6.20 Å². The Bertz CT molecular complexity index is 1360. The van der Waals surface area contributed by atoms with Crippen molar-refractivity contribution in [1.29, 1.82) is 0 Å². The monoisotopic (exact) mass is 535 g/mol. The first-order valence-corrected chi connectivity index (χ1v) is 14.4. The summed E-state index contributed by atoms with van der Waals surface area (Å²) in [4.78, 5) is 20.4. The van der Waals surface area contributed by atoms with Crippen LogP contribution < -0.4 is 4.90 Å². The largest absolute Gasteiger partial charge is 0.387 e. The molecule has 1 spiro atoms. The standard InChI is InChI=1S/C23H27ClN5O6P/c1-36(32,33)12-34-9-16-17(30)18(31)21(35-16)29-20-14(8-25-29)19(26-22(24)27-20)28-10-23(11-28)7-6-13-4-2-3-5-15(13)23/h2-5,8,16-18,21,30-31H,6-7,9-12H2,1H3,(H,32,33)/t16-,17-,18-,21-/m1/s1. The summed E-state index contributed by atoms with van der Waals surface area (Å²) in [5.41, 5.74) is 3.29. The second-order valence-electron chi connectivity index (χ2n) is 10.0. The highest BCUT2D eigenvalue weighted by Gasteiger charge is 2.49. The van der Waals surface area contributed by atoms with Gasteiger partial charge < -0.3 is 29.5 Å². The Morgan fingerprint density at radius 2 is 2.03 bits per heavy atom. The zero-order chi connectivity index (χ0) is 25.2. The van der Waals surface area contributed by atoms with Crippen LogP contribution in [0.25, 0.3) is 11.0 Å². The van der Waals surface area contributed by atoms with Crippen LogP contribution in [0.5, 0.6) is 0 Å². The van der Waals surface area contributed by atoms with Gasteiger partial charge in [-0.15, -0.1) is 0 Å². The van der Waals surface area contributed by atoms with Crippen molar-refractivity contribution in [2.24, 2.45) is 0 Å². The zero-order valence-corrected chi connectivity index (χ0v) is 21.2. The molecular formula is C23H27ClN5O6P. The molecule has 1 unspecified atom stereocenters. The molecule has 2 aromatic heterocycles. The van der Waals surface area contributed by atoms with Gasteiger partial charge in [-0.3, -0.25) is 4.57 Å². The van der Waals surface area contributed by atoms with Crippen molar-refractivity contribution in [3.05, 3.63) is 46.9 Å². The number of hydrogen-bond acceptors (Lipinski definition) is 9. The maximum atomic E-state index is 11.5. The molecule has 2 fully saturated rings. The highest BCUT2D eigenvalue weighted by atomic mass is 35.5. The summed E-state index contributed by atoms with van der Waals surface area (Å²) in [5, 5.41) is 26.2. The first kappa shape index (κ1) is 24.2. The van der Waals surface area contributed by atoms with Crippen molar-refractivity contribution in [3.63, 3.8) is 0 Å². The number of aliphatic hydroxyl groups excluding tert-OH is 2. The Morgan fingerprint density at radius 1 is 1.25 bits per heavy atom. The van der Waals surface area contributed by atoms with E-state index in [0.717, 1.165) is 25.9 Å². The molecule has 3 N–H and O–H groups in total. The minimum Gasteiger partial charge on any atom is -0.387 e. The first-order chi connectivity index (χ1) is 17.2. The first-order valence-electron chi connectivity index (χ1n) is 11.8. The molecule has 0 bridgehead atoms. The third-order valence-electron chi connectivity index (χ3n) is 7.35. The number of aliphatic hydroxyl groups is 2. The molecule has 3 aromatic rings. The molecule has 5 atom stereocenters. The quantitative estimate of drug-likeness (QED) is 0.315. The molecule has 36 heavy (non-hydrogen) atoms. The highest BCUT2D eigenvalue weighted by molar-refractivity contribution is 7.56. The Hall–Kier alpha value is -2.11. The van der Waals surface area contributed by atoms with Crippen molar-refractivity contribution >= 4 is 35.8 Å². The number of nitrogens with zero attached hydrogens (tertiary/aromatic N) is 5. The van der Waals surface area contributed by atoms with Gasteiger partial charge in [-0.05, 0) is 35.6 Å². The smallest absolute Gasteiger partial charge is 0.226 e. The summed E-state index contributed by atoms with van der Waals surface area (Å²) >= 11 is 6.31. The number of fused-ring (bicyclic) bond motifs is 3. The van der Waals surface area contributed by atoms with E-state index in [0.29, 0.717) is 16.9 Å². The van der Waals surface area contributed by atoms with Crippen LogP contribution in [0.15, 0.2) is 30.5 Å². The van der Waals surface area contributed by atoms with Crippen LogP contribution >= 0.6 is 19.0 Å². The number of hydrogen-bond donors (Lipinski definition) is 3. The summed E-state index contributed by atoms with van der Waals surface area (Å²) in [6.07, 6.45) is -1.15. The molecule has 0 radical (unpaired) electrons. The second kappa shape index (κ2) is 8.73. The molecule has 11 nitrogen and oxygen atoms in total. The van der Waals surface area contributed by atoms with Gasteiger partial charge in [-0.1, -0.05) is 24.3 Å². The summed E-state index contributed by atoms with van der Waals surface area (Å²) in [5.74, 6) is 0.667. The Balaban J connectivity index is 1.24. The van der Waals surface area contributed by atoms with Crippen LogP contribution in [0.1, 0.15) is 23.8 Å². The van der Waals surface area contributed by atoms with E-state index in [9.17, 15) is 19.7 Å². The lowest BCUT2D eigenvalue weighted by atomic mass is 9.75. The number of rotatable bonds is 6. The van der Waals surface area contributed by atoms with Gasteiger partial charge in [0.2, 0.25) is 12.7 Å². The van der Waals surface area contributed by atoms with Crippen LogP contribution in [0.4, 0.5) is 5.82 Å². The number of aryl methyl sites for hydroxylation is 1. The van der Waals surface area contributed by atoms with Crippen LogP contribution in [0, 0.1) is 0 Å². The molecule has 13 heteroatoms. The topological polar surface area (TPSA) is 143 Å². The predicted molar refractivity (Wildman–Crippen MR) is 131 cm³/mol. The molecule has 2 saturated heterocycles. The van der Waals surface area contributed by atoms with Crippen LogP contribution in [0.2, 0.25) is 5.28 Å². The second-order valence-corrected chi connectivity index (χ2v) is 12.7. The van der Waals surface area contributed by atoms with Gasteiger partial charge in [0, 0.05) is 25.2 Å². The summed E-state index contributed by atoms with van der Waals surface area (Å²) in [7, 11) is -3.38. The van der Waals surface area contributed by atoms with E-state index in [-0.39, 0.29) is 23.7 Å². The molecule has 6 rings (SSSR count). The third kappa shape index (κ3) is 4.03. The molecule has 4 heterocycles. The molecule has 0 saturated carbocycles. The average molecular weight is 536 g/mol. The third-order valence-corrected chi connectivity index (χ3v) is 8.18. The Labute approximate surface area is 212 Å². The zero-order valence-electron chi connectivity index (χ0n) is 19.6. The summed E-state index contributed by atoms with van der Waals surface area (Å²) in [6, 6.07) is 8.58. The lowest BCUT2D eigenvalue weighted by Gasteiger charge is -2.49. The van der Waals surface area contributed by atoms with E-state index in [1.165, 1.54) is 22.5 Å². The fourth-order valence-corrected chi connectivity index (χ4v) is 6.25.